The van der Waals surface area contributed by atoms with Gasteiger partial charge in [0.2, 0.25) is 0 Å². The molecule has 0 aliphatic rings. The van der Waals surface area contributed by atoms with Gasteiger partial charge in [-0.1, -0.05) is 30.3 Å². The summed E-state index contributed by atoms with van der Waals surface area (Å²) >= 11 is 0. The van der Waals surface area contributed by atoms with E-state index < -0.39 is 25.2 Å². The van der Waals surface area contributed by atoms with Crippen molar-refractivity contribution in [1.82, 2.24) is 0 Å². The van der Waals surface area contributed by atoms with Gasteiger partial charge in [0, 0.05) is 26.5 Å². The van der Waals surface area contributed by atoms with Crippen LogP contribution in [-0.2, 0) is 28.3 Å². The summed E-state index contributed by atoms with van der Waals surface area (Å²) in [5.41, 5.74) is 8.56. The summed E-state index contributed by atoms with van der Waals surface area (Å²) < 4.78 is 13.0. The maximum Gasteiger partial charge on any atom is 1.00 e. The quantitative estimate of drug-likeness (QED) is 0.523. The van der Waals surface area contributed by atoms with Crippen molar-refractivity contribution in [2.45, 2.75) is 20.8 Å². The van der Waals surface area contributed by atoms with Crippen molar-refractivity contribution >= 4 is 42.3 Å². The maximum atomic E-state index is 10.4. The summed E-state index contributed by atoms with van der Waals surface area (Å²) in [5.74, 6) is -2.15. The van der Waals surface area contributed by atoms with Crippen molar-refractivity contribution in [2.75, 3.05) is 11.1 Å². The molecule has 0 heterocycles. The first-order valence-electron chi connectivity index (χ1n) is 7.96. The summed E-state index contributed by atoms with van der Waals surface area (Å²) in [4.78, 5) is 31.2. The molecule has 0 amide bonds. The Morgan fingerprint density at radius 2 is 1.21 bits per heavy atom. The van der Waals surface area contributed by atoms with E-state index in [2.05, 4.69) is 19.3 Å². The van der Waals surface area contributed by atoms with Crippen LogP contribution in [0.3, 0.4) is 0 Å². The Morgan fingerprint density at radius 3 is 1.64 bits per heavy atom. The Morgan fingerprint density at radius 1 is 0.786 bits per heavy atom. The van der Waals surface area contributed by atoms with Crippen LogP contribution in [0.15, 0.2) is 54.6 Å². The average molecular weight is 395 g/mol. The second-order valence-corrected chi connectivity index (χ2v) is 5.20. The third-order valence-corrected chi connectivity index (χ3v) is 2.80. The van der Waals surface area contributed by atoms with Crippen LogP contribution < -0.4 is 40.6 Å². The second-order valence-electron chi connectivity index (χ2n) is 5.20. The zero-order valence-corrected chi connectivity index (χ0v) is 18.3. The third kappa shape index (κ3) is 11.3. The normalized spacial score (nSPS) is 9.14. The Labute approximate surface area is 186 Å². The molecule has 143 valence electrons. The fourth-order valence-corrected chi connectivity index (χ4v) is 1.77. The largest absolute Gasteiger partial charge is 1.00 e. The van der Waals surface area contributed by atoms with Crippen LogP contribution in [0.25, 0.3) is 0 Å². The van der Waals surface area contributed by atoms with E-state index >= 15 is 0 Å². The van der Waals surface area contributed by atoms with Crippen molar-refractivity contribution in [3.8, 4) is 0 Å². The predicted octanol–water partition coefficient (Wildman–Crippen LogP) is -0.323. The number of hydrogen-bond acceptors (Lipinski definition) is 8. The molecule has 0 spiro atoms. The van der Waals surface area contributed by atoms with Gasteiger partial charge in [-0.15, -0.1) is 0 Å². The molecule has 0 saturated carbocycles. The number of carbonyl (C=O) groups is 3. The molecular formula is C18H21BN2NaO6. The number of nitrogen functional groups attached to an aromatic ring is 1. The summed E-state index contributed by atoms with van der Waals surface area (Å²) in [6.07, 6.45) is 0. The first-order valence-corrected chi connectivity index (χ1v) is 7.96. The fourth-order valence-electron chi connectivity index (χ4n) is 1.77. The van der Waals surface area contributed by atoms with Crippen molar-refractivity contribution in [2.24, 2.45) is 0 Å². The van der Waals surface area contributed by atoms with Crippen LogP contribution in [0.2, 0.25) is 0 Å². The molecule has 2 aromatic carbocycles. The molecule has 0 fully saturated rings. The Hall–Kier alpha value is -2.49. The van der Waals surface area contributed by atoms with E-state index in [0.717, 1.165) is 37.8 Å². The fraction of sp³-hybridized carbons (Fsp3) is 0.167. The molecule has 28 heavy (non-hydrogen) atoms. The summed E-state index contributed by atoms with van der Waals surface area (Å²) in [6, 6.07) is 17.7. The number of rotatable bonds is 5. The molecule has 0 saturated heterocycles. The number of anilines is 3. The first kappa shape index (κ1) is 25.5. The van der Waals surface area contributed by atoms with E-state index in [1.54, 1.807) is 0 Å². The van der Waals surface area contributed by atoms with Gasteiger partial charge >= 0.3 is 36.9 Å². The van der Waals surface area contributed by atoms with Crippen LogP contribution in [-0.4, -0.2) is 25.2 Å². The first-order chi connectivity index (χ1) is 12.8. The Bertz CT molecular complexity index is 738. The van der Waals surface area contributed by atoms with Gasteiger partial charge in [-0.2, -0.15) is 0 Å². The molecule has 3 N–H and O–H groups in total. The van der Waals surface area contributed by atoms with Crippen molar-refractivity contribution < 1.29 is 57.9 Å². The molecule has 2 aromatic rings. The predicted molar refractivity (Wildman–Crippen MR) is 102 cm³/mol. The van der Waals surface area contributed by atoms with E-state index in [-0.39, 0.29) is 29.6 Å². The SMILES string of the molecule is CC(=O)O[B-](OC(C)=O)OC(C)=O.Nc1ccccc1Nc1ccccc1.[Na+]. The van der Waals surface area contributed by atoms with E-state index in [1.165, 1.54) is 0 Å². The van der Waals surface area contributed by atoms with Crippen LogP contribution in [0.4, 0.5) is 17.1 Å². The van der Waals surface area contributed by atoms with Gasteiger partial charge in [0.25, 0.3) is 17.9 Å². The van der Waals surface area contributed by atoms with E-state index in [1.807, 2.05) is 54.6 Å². The Balaban J connectivity index is 0.000000505. The minimum Gasteiger partial charge on any atom is -0.642 e. The zero-order valence-electron chi connectivity index (χ0n) is 16.3. The third-order valence-electron chi connectivity index (χ3n) is 2.80. The number of nitrogens with one attached hydrogen (secondary N) is 1. The number of nitrogens with two attached hydrogens (primary N) is 1. The zero-order chi connectivity index (χ0) is 20.2. The smallest absolute Gasteiger partial charge is 0.642 e. The molecule has 0 aliphatic heterocycles. The molecule has 10 heteroatoms. The Kier molecular flexibility index (Phi) is 12.4. The second kappa shape index (κ2) is 13.6. The summed E-state index contributed by atoms with van der Waals surface area (Å²) in [6.45, 7) is 3.29. The molecule has 2 rings (SSSR count). The summed E-state index contributed by atoms with van der Waals surface area (Å²) in [7, 11) is -1.59. The molecule has 0 aliphatic carbocycles. The summed E-state index contributed by atoms with van der Waals surface area (Å²) in [5, 5.41) is 3.25. The van der Waals surface area contributed by atoms with Crippen molar-refractivity contribution in [3.63, 3.8) is 0 Å². The standard InChI is InChI=1S/C12H12N2.C6H9BO6.Na/c13-11-8-4-5-9-12(11)14-10-6-2-1-3-7-10;1-4(8)11-7(12-5(2)9)13-6(3)10;/h1-9,14H,13H2;1-3H3;/q;-1;+1. The van der Waals surface area contributed by atoms with Gasteiger partial charge in [-0.05, 0) is 24.3 Å². The minimum atomic E-state index is -1.59. The molecule has 0 atom stereocenters. The van der Waals surface area contributed by atoms with Gasteiger partial charge in [0.05, 0.1) is 11.4 Å². The van der Waals surface area contributed by atoms with E-state index in [9.17, 15) is 14.4 Å². The van der Waals surface area contributed by atoms with Gasteiger partial charge in [-0.3, -0.25) is 14.4 Å². The van der Waals surface area contributed by atoms with E-state index in [0.29, 0.717) is 0 Å². The van der Waals surface area contributed by atoms with Gasteiger partial charge in [-0.25, -0.2) is 0 Å². The molecule has 1 radical (unpaired) electrons. The van der Waals surface area contributed by atoms with Gasteiger partial charge in [0.1, 0.15) is 0 Å². The molecule has 0 aromatic heterocycles. The molecular weight excluding hydrogens is 374 g/mol. The van der Waals surface area contributed by atoms with Crippen LogP contribution >= 0.6 is 0 Å². The van der Waals surface area contributed by atoms with Gasteiger partial charge < -0.3 is 25.0 Å². The number of hydrogen-bond donors (Lipinski definition) is 2. The maximum absolute atomic E-state index is 10.4. The minimum absolute atomic E-state index is 0. The number of para-hydroxylation sites is 3. The van der Waals surface area contributed by atoms with Crippen LogP contribution in [0.1, 0.15) is 20.8 Å². The van der Waals surface area contributed by atoms with Crippen molar-refractivity contribution in [1.29, 1.82) is 0 Å². The van der Waals surface area contributed by atoms with Crippen molar-refractivity contribution in [3.05, 3.63) is 54.6 Å². The van der Waals surface area contributed by atoms with Crippen LogP contribution in [0, 0.1) is 0 Å². The van der Waals surface area contributed by atoms with Gasteiger partial charge in [0.15, 0.2) is 0 Å². The topological polar surface area (TPSA) is 117 Å². The molecule has 8 nitrogen and oxygen atoms in total. The number of benzene rings is 2. The monoisotopic (exact) mass is 395 g/mol. The van der Waals surface area contributed by atoms with Crippen LogP contribution in [0.5, 0.6) is 0 Å². The van der Waals surface area contributed by atoms with E-state index in [4.69, 9.17) is 5.73 Å². The average Bonchev–Trinajstić information content (AvgIpc) is 2.57. The molecule has 0 bridgehead atoms. The number of carbonyl (C=O) groups excluding carboxylic acids is 3. The molecule has 0 unspecified atom stereocenters.